The molecule has 0 aliphatic carbocycles. The second kappa shape index (κ2) is 7.26. The zero-order valence-corrected chi connectivity index (χ0v) is 12.0. The first-order valence-corrected chi connectivity index (χ1v) is 6.87. The standard InChI is InChI=1S/C15H15BrFNO/c16-14-10-13(6-7-15(14)17)19-9-8-18-11-12-4-2-1-3-5-12/h1-7,10,18H,8-9,11H2. The van der Waals surface area contributed by atoms with Crippen LogP contribution >= 0.6 is 15.9 Å². The average molecular weight is 324 g/mol. The Labute approximate surface area is 120 Å². The van der Waals surface area contributed by atoms with Crippen molar-refractivity contribution in [3.8, 4) is 5.75 Å². The van der Waals surface area contributed by atoms with Gasteiger partial charge < -0.3 is 10.1 Å². The molecule has 0 unspecified atom stereocenters. The molecule has 0 fully saturated rings. The van der Waals surface area contributed by atoms with E-state index in [1.807, 2.05) is 18.2 Å². The third-order valence-electron chi connectivity index (χ3n) is 2.61. The zero-order valence-electron chi connectivity index (χ0n) is 10.4. The summed E-state index contributed by atoms with van der Waals surface area (Å²) >= 11 is 3.13. The molecule has 0 aliphatic heterocycles. The summed E-state index contributed by atoms with van der Waals surface area (Å²) in [5, 5.41) is 3.29. The molecular weight excluding hydrogens is 309 g/mol. The Bertz CT molecular complexity index is 519. The number of hydrogen-bond acceptors (Lipinski definition) is 2. The summed E-state index contributed by atoms with van der Waals surface area (Å²) in [4.78, 5) is 0. The van der Waals surface area contributed by atoms with Gasteiger partial charge in [-0.1, -0.05) is 30.3 Å². The van der Waals surface area contributed by atoms with Crippen LogP contribution in [0.15, 0.2) is 53.0 Å². The SMILES string of the molecule is Fc1ccc(OCCNCc2ccccc2)cc1Br. The number of hydrogen-bond donors (Lipinski definition) is 1. The predicted molar refractivity (Wildman–Crippen MR) is 77.7 cm³/mol. The zero-order chi connectivity index (χ0) is 13.5. The van der Waals surface area contributed by atoms with E-state index in [-0.39, 0.29) is 5.82 Å². The number of rotatable bonds is 6. The van der Waals surface area contributed by atoms with Crippen molar-refractivity contribution in [2.75, 3.05) is 13.2 Å². The summed E-state index contributed by atoms with van der Waals surface area (Å²) in [5.74, 6) is 0.379. The predicted octanol–water partition coefficient (Wildman–Crippen LogP) is 3.76. The van der Waals surface area contributed by atoms with Gasteiger partial charge in [0.15, 0.2) is 0 Å². The van der Waals surface area contributed by atoms with Crippen LogP contribution in [-0.4, -0.2) is 13.2 Å². The minimum Gasteiger partial charge on any atom is -0.492 e. The number of benzene rings is 2. The average Bonchev–Trinajstić information content (AvgIpc) is 2.43. The summed E-state index contributed by atoms with van der Waals surface area (Å²) < 4.78 is 19.0. The first kappa shape index (κ1) is 14.0. The van der Waals surface area contributed by atoms with Crippen molar-refractivity contribution < 1.29 is 9.13 Å². The Morgan fingerprint density at radius 3 is 2.63 bits per heavy atom. The highest BCUT2D eigenvalue weighted by atomic mass is 79.9. The third kappa shape index (κ3) is 4.65. The highest BCUT2D eigenvalue weighted by Crippen LogP contribution is 2.21. The number of ether oxygens (including phenoxy) is 1. The molecule has 0 bridgehead atoms. The Morgan fingerprint density at radius 2 is 1.89 bits per heavy atom. The van der Waals surface area contributed by atoms with Gasteiger partial charge in [0.1, 0.15) is 18.2 Å². The molecule has 2 nitrogen and oxygen atoms in total. The molecule has 19 heavy (non-hydrogen) atoms. The van der Waals surface area contributed by atoms with E-state index < -0.39 is 0 Å². The monoisotopic (exact) mass is 323 g/mol. The molecule has 0 spiro atoms. The fraction of sp³-hybridized carbons (Fsp3) is 0.200. The summed E-state index contributed by atoms with van der Waals surface area (Å²) in [7, 11) is 0. The maximum atomic E-state index is 13.0. The molecule has 2 rings (SSSR count). The molecule has 1 N–H and O–H groups in total. The molecule has 4 heteroatoms. The maximum absolute atomic E-state index is 13.0. The Hall–Kier alpha value is -1.39. The topological polar surface area (TPSA) is 21.3 Å². The fourth-order valence-electron chi connectivity index (χ4n) is 1.64. The Balaban J connectivity index is 1.68. The largest absolute Gasteiger partial charge is 0.492 e. The van der Waals surface area contributed by atoms with Crippen LogP contribution in [0.4, 0.5) is 4.39 Å². The van der Waals surface area contributed by atoms with Gasteiger partial charge in [0, 0.05) is 13.1 Å². The van der Waals surface area contributed by atoms with E-state index in [0.29, 0.717) is 16.8 Å². The van der Waals surface area contributed by atoms with Crippen LogP contribution in [-0.2, 0) is 6.54 Å². The Morgan fingerprint density at radius 1 is 1.11 bits per heavy atom. The molecule has 100 valence electrons. The van der Waals surface area contributed by atoms with Crippen LogP contribution < -0.4 is 10.1 Å². The van der Waals surface area contributed by atoms with E-state index in [2.05, 4.69) is 33.4 Å². The molecule has 2 aromatic carbocycles. The Kier molecular flexibility index (Phi) is 5.36. The quantitative estimate of drug-likeness (QED) is 0.817. The van der Waals surface area contributed by atoms with Gasteiger partial charge >= 0.3 is 0 Å². The molecule has 0 saturated heterocycles. The smallest absolute Gasteiger partial charge is 0.137 e. The van der Waals surface area contributed by atoms with Crippen molar-refractivity contribution in [3.05, 3.63) is 64.4 Å². The van der Waals surface area contributed by atoms with Crippen molar-refractivity contribution >= 4 is 15.9 Å². The molecule has 0 atom stereocenters. The molecule has 0 saturated carbocycles. The second-order valence-corrected chi connectivity index (χ2v) is 4.94. The number of nitrogens with one attached hydrogen (secondary N) is 1. The van der Waals surface area contributed by atoms with E-state index in [4.69, 9.17) is 4.74 Å². The fourth-order valence-corrected chi connectivity index (χ4v) is 1.99. The minimum atomic E-state index is -0.283. The van der Waals surface area contributed by atoms with Crippen molar-refractivity contribution in [2.45, 2.75) is 6.54 Å². The summed E-state index contributed by atoms with van der Waals surface area (Å²) in [6.07, 6.45) is 0. The lowest BCUT2D eigenvalue weighted by Gasteiger charge is -2.08. The molecule has 0 aliphatic rings. The highest BCUT2D eigenvalue weighted by Gasteiger charge is 2.00. The van der Waals surface area contributed by atoms with Crippen LogP contribution in [0.25, 0.3) is 0 Å². The molecule has 0 amide bonds. The van der Waals surface area contributed by atoms with Crippen LogP contribution in [0.1, 0.15) is 5.56 Å². The first-order chi connectivity index (χ1) is 9.25. The van der Waals surface area contributed by atoms with E-state index in [1.54, 1.807) is 12.1 Å². The van der Waals surface area contributed by atoms with Crippen LogP contribution in [0.2, 0.25) is 0 Å². The molecule has 2 aromatic rings. The van der Waals surface area contributed by atoms with Crippen LogP contribution in [0.5, 0.6) is 5.75 Å². The van der Waals surface area contributed by atoms with Gasteiger partial charge in [-0.3, -0.25) is 0 Å². The summed E-state index contributed by atoms with van der Waals surface area (Å²) in [6.45, 7) is 2.10. The second-order valence-electron chi connectivity index (χ2n) is 4.09. The van der Waals surface area contributed by atoms with E-state index in [0.717, 1.165) is 13.1 Å². The summed E-state index contributed by atoms with van der Waals surface area (Å²) in [6, 6.07) is 14.8. The van der Waals surface area contributed by atoms with Crippen LogP contribution in [0, 0.1) is 5.82 Å². The van der Waals surface area contributed by atoms with Crippen molar-refractivity contribution in [3.63, 3.8) is 0 Å². The maximum Gasteiger partial charge on any atom is 0.137 e. The van der Waals surface area contributed by atoms with Gasteiger partial charge in [-0.05, 0) is 39.7 Å². The summed E-state index contributed by atoms with van der Waals surface area (Å²) in [5.41, 5.74) is 1.24. The molecular formula is C15H15BrFNO. The van der Waals surface area contributed by atoms with Gasteiger partial charge in [-0.25, -0.2) is 4.39 Å². The molecule has 0 aromatic heterocycles. The van der Waals surface area contributed by atoms with Crippen molar-refractivity contribution in [1.82, 2.24) is 5.32 Å². The van der Waals surface area contributed by atoms with Gasteiger partial charge in [-0.2, -0.15) is 0 Å². The van der Waals surface area contributed by atoms with E-state index in [9.17, 15) is 4.39 Å². The normalized spacial score (nSPS) is 10.4. The van der Waals surface area contributed by atoms with Gasteiger partial charge in [0.05, 0.1) is 4.47 Å². The lowest BCUT2D eigenvalue weighted by atomic mass is 10.2. The molecule has 0 radical (unpaired) electrons. The highest BCUT2D eigenvalue weighted by molar-refractivity contribution is 9.10. The van der Waals surface area contributed by atoms with Gasteiger partial charge in [0.25, 0.3) is 0 Å². The van der Waals surface area contributed by atoms with E-state index >= 15 is 0 Å². The van der Waals surface area contributed by atoms with E-state index in [1.165, 1.54) is 11.6 Å². The number of halogens is 2. The first-order valence-electron chi connectivity index (χ1n) is 6.08. The minimum absolute atomic E-state index is 0.283. The van der Waals surface area contributed by atoms with Crippen molar-refractivity contribution in [2.24, 2.45) is 0 Å². The van der Waals surface area contributed by atoms with Crippen LogP contribution in [0.3, 0.4) is 0 Å². The lowest BCUT2D eigenvalue weighted by molar-refractivity contribution is 0.313. The van der Waals surface area contributed by atoms with Crippen molar-refractivity contribution in [1.29, 1.82) is 0 Å². The third-order valence-corrected chi connectivity index (χ3v) is 3.22. The molecule has 0 heterocycles. The van der Waals surface area contributed by atoms with Gasteiger partial charge in [-0.15, -0.1) is 0 Å². The lowest BCUT2D eigenvalue weighted by Crippen LogP contribution is -2.20. The van der Waals surface area contributed by atoms with Gasteiger partial charge in [0.2, 0.25) is 0 Å².